The topological polar surface area (TPSA) is 91.5 Å². The molecule has 0 spiro atoms. The van der Waals surface area contributed by atoms with Crippen LogP contribution in [0, 0.1) is 20.8 Å². The van der Waals surface area contributed by atoms with Crippen LogP contribution in [0.1, 0.15) is 82.7 Å². The first-order valence-corrected chi connectivity index (χ1v) is 7.76. The second-order valence-electron chi connectivity index (χ2n) is 6.19. The van der Waals surface area contributed by atoms with E-state index in [1.165, 1.54) is 6.33 Å². The van der Waals surface area contributed by atoms with Crippen LogP contribution in [0.5, 0.6) is 0 Å². The van der Waals surface area contributed by atoms with Crippen molar-refractivity contribution in [3.8, 4) is 0 Å². The second-order valence-corrected chi connectivity index (χ2v) is 6.19. The number of nitrogens with zero attached hydrogens (tertiary/aromatic N) is 2. The maximum absolute atomic E-state index is 11.4. The molecule has 25 heavy (non-hydrogen) atoms. The van der Waals surface area contributed by atoms with Crippen LogP contribution in [0.4, 0.5) is 0 Å². The summed E-state index contributed by atoms with van der Waals surface area (Å²) in [4.78, 5) is 36.0. The van der Waals surface area contributed by atoms with Crippen LogP contribution < -0.4 is 11.1 Å². The molecule has 2 aromatic rings. The number of hydrogen-bond donors (Lipinski definition) is 2. The lowest BCUT2D eigenvalue weighted by Gasteiger charge is -2.07. The van der Waals surface area contributed by atoms with Gasteiger partial charge in [-0.3, -0.25) is 9.59 Å². The summed E-state index contributed by atoms with van der Waals surface area (Å²) in [5.74, 6) is 1.16. The number of rotatable bonds is 2. The highest BCUT2D eigenvalue weighted by Crippen LogP contribution is 2.11. The van der Waals surface area contributed by atoms with Crippen LogP contribution in [-0.4, -0.2) is 19.9 Å². The number of aromatic amines is 2. The minimum atomic E-state index is -0.0208. The van der Waals surface area contributed by atoms with Gasteiger partial charge in [0.25, 0.3) is 11.1 Å². The Labute approximate surface area is 151 Å². The highest BCUT2D eigenvalue weighted by atomic mass is 16.1. The van der Waals surface area contributed by atoms with Crippen molar-refractivity contribution in [3.63, 3.8) is 0 Å². The molecule has 0 radical (unpaired) electrons. The Hall–Kier alpha value is -2.24. The first-order valence-electron chi connectivity index (χ1n) is 7.76. The van der Waals surface area contributed by atoms with Gasteiger partial charge in [-0.15, -0.1) is 0 Å². The van der Waals surface area contributed by atoms with Crippen molar-refractivity contribution in [1.82, 2.24) is 19.9 Å². The average molecular weight is 351 g/mol. The highest BCUT2D eigenvalue weighted by molar-refractivity contribution is 5.19. The third kappa shape index (κ3) is 6.64. The van der Waals surface area contributed by atoms with Crippen LogP contribution >= 0.6 is 0 Å². The third-order valence-corrected chi connectivity index (χ3v) is 3.51. The Bertz CT molecular complexity index is 774. The summed E-state index contributed by atoms with van der Waals surface area (Å²) in [6.45, 7) is 13.5. The fourth-order valence-electron chi connectivity index (χ4n) is 2.59. The quantitative estimate of drug-likeness (QED) is 0.857. The average Bonchev–Trinajstić information content (AvgIpc) is 2.36. The number of nitrogens with one attached hydrogen (secondary N) is 2. The fourth-order valence-corrected chi connectivity index (χ4v) is 2.59. The maximum Gasteiger partial charge on any atom is 0.254 e. The summed E-state index contributed by atoms with van der Waals surface area (Å²) in [6, 6.07) is 0. The van der Waals surface area contributed by atoms with Crippen LogP contribution in [0.3, 0.4) is 0 Å². The molecule has 142 valence electrons. The van der Waals surface area contributed by atoms with E-state index in [9.17, 15) is 9.59 Å². The number of aromatic nitrogens is 4. The number of H-pyrrole nitrogens is 2. The van der Waals surface area contributed by atoms with Gasteiger partial charge in [-0.25, -0.2) is 9.97 Å². The Balaban J connectivity index is 0. The summed E-state index contributed by atoms with van der Waals surface area (Å²) >= 11 is 0. The molecule has 0 saturated carbocycles. The zero-order chi connectivity index (χ0) is 17.7. The molecule has 0 amide bonds. The fraction of sp³-hybridized carbons (Fsp3) is 0.579. The summed E-state index contributed by atoms with van der Waals surface area (Å²) in [6.07, 6.45) is 1.43. The molecule has 2 rings (SSSR count). The largest absolute Gasteiger partial charge is 0.313 e. The third-order valence-electron chi connectivity index (χ3n) is 3.51. The smallest absolute Gasteiger partial charge is 0.254 e. The van der Waals surface area contributed by atoms with Gasteiger partial charge in [0.05, 0.1) is 6.33 Å². The molecule has 0 aliphatic rings. The molecule has 0 atom stereocenters. The van der Waals surface area contributed by atoms with E-state index in [1.807, 2.05) is 41.5 Å². The van der Waals surface area contributed by atoms with E-state index in [0.717, 1.165) is 22.5 Å². The van der Waals surface area contributed by atoms with Gasteiger partial charge < -0.3 is 9.97 Å². The lowest BCUT2D eigenvalue weighted by molar-refractivity contribution is 0.801. The second kappa shape index (κ2) is 10.6. The van der Waals surface area contributed by atoms with Crippen molar-refractivity contribution in [3.05, 3.63) is 55.4 Å². The minimum absolute atomic E-state index is 0. The van der Waals surface area contributed by atoms with E-state index >= 15 is 0 Å². The van der Waals surface area contributed by atoms with Crippen LogP contribution in [0.2, 0.25) is 0 Å². The van der Waals surface area contributed by atoms with Gasteiger partial charge in [0.1, 0.15) is 5.82 Å². The molecule has 2 aromatic heterocycles. The van der Waals surface area contributed by atoms with Gasteiger partial charge in [-0.2, -0.15) is 0 Å². The molecule has 0 aliphatic heterocycles. The van der Waals surface area contributed by atoms with E-state index in [0.29, 0.717) is 5.82 Å². The molecule has 2 N–H and O–H groups in total. The van der Waals surface area contributed by atoms with Crippen LogP contribution in [0.25, 0.3) is 0 Å². The SMILES string of the molecule is C.C.Cc1nc(C)c(C(C)C)c(=O)[nH]1.Cc1nc[nH]c(=O)c1C(C)C. The molecule has 0 aliphatic carbocycles. The lowest BCUT2D eigenvalue weighted by Crippen LogP contribution is -2.18. The molecule has 6 nitrogen and oxygen atoms in total. The molecule has 2 heterocycles. The van der Waals surface area contributed by atoms with Gasteiger partial charge in [0, 0.05) is 22.5 Å². The summed E-state index contributed by atoms with van der Waals surface area (Å²) in [7, 11) is 0. The number of hydrogen-bond acceptors (Lipinski definition) is 4. The van der Waals surface area contributed by atoms with Crippen molar-refractivity contribution in [2.45, 2.75) is 75.2 Å². The van der Waals surface area contributed by atoms with Crippen molar-refractivity contribution >= 4 is 0 Å². The zero-order valence-corrected chi connectivity index (χ0v) is 14.9. The first kappa shape index (κ1) is 25.0. The molecule has 6 heteroatoms. The van der Waals surface area contributed by atoms with Crippen molar-refractivity contribution in [2.75, 3.05) is 0 Å². The molecular formula is C19H34N4O2. The first-order chi connectivity index (χ1) is 10.6. The summed E-state index contributed by atoms with van der Waals surface area (Å²) < 4.78 is 0. The molecule has 0 aromatic carbocycles. The van der Waals surface area contributed by atoms with E-state index < -0.39 is 0 Å². The predicted octanol–water partition coefficient (Wildman–Crippen LogP) is 3.98. The predicted molar refractivity (Wildman–Crippen MR) is 106 cm³/mol. The van der Waals surface area contributed by atoms with Crippen molar-refractivity contribution in [1.29, 1.82) is 0 Å². The van der Waals surface area contributed by atoms with Crippen molar-refractivity contribution < 1.29 is 0 Å². The standard InChI is InChI=1S/C9H14N2O.C8H12N2O.2CH4/c1-5(2)8-6(3)10-7(4)11-9(8)12;1-5(2)7-6(3)9-4-10-8(7)11;;/h5H,1-4H3,(H,10,11,12);4-5H,1-3H3,(H,9,10,11);2*1H4. The lowest BCUT2D eigenvalue weighted by atomic mass is 10.0. The van der Waals surface area contributed by atoms with Gasteiger partial charge in [0.15, 0.2) is 0 Å². The molecular weight excluding hydrogens is 316 g/mol. The minimum Gasteiger partial charge on any atom is -0.313 e. The van der Waals surface area contributed by atoms with E-state index in [2.05, 4.69) is 19.9 Å². The van der Waals surface area contributed by atoms with E-state index in [4.69, 9.17) is 0 Å². The summed E-state index contributed by atoms with van der Waals surface area (Å²) in [5, 5.41) is 0. The molecule has 0 bridgehead atoms. The van der Waals surface area contributed by atoms with Crippen LogP contribution in [-0.2, 0) is 0 Å². The Kier molecular flexibility index (Phi) is 10.6. The Morgan fingerprint density at radius 3 is 1.68 bits per heavy atom. The summed E-state index contributed by atoms with van der Waals surface area (Å²) in [5.41, 5.74) is 3.21. The van der Waals surface area contributed by atoms with Gasteiger partial charge in [0.2, 0.25) is 0 Å². The molecule has 0 fully saturated rings. The van der Waals surface area contributed by atoms with Gasteiger partial charge in [-0.1, -0.05) is 42.5 Å². The Morgan fingerprint density at radius 1 is 0.840 bits per heavy atom. The normalized spacial score (nSPS) is 9.80. The van der Waals surface area contributed by atoms with E-state index in [1.54, 1.807) is 6.92 Å². The maximum atomic E-state index is 11.4. The molecule has 0 saturated heterocycles. The van der Waals surface area contributed by atoms with E-state index in [-0.39, 0.29) is 37.8 Å². The molecule has 0 unspecified atom stereocenters. The number of aryl methyl sites for hydroxylation is 3. The Morgan fingerprint density at radius 2 is 1.32 bits per heavy atom. The van der Waals surface area contributed by atoms with Crippen molar-refractivity contribution in [2.24, 2.45) is 0 Å². The van der Waals surface area contributed by atoms with Crippen LogP contribution in [0.15, 0.2) is 15.9 Å². The van der Waals surface area contributed by atoms with Gasteiger partial charge in [-0.05, 0) is 32.6 Å². The van der Waals surface area contributed by atoms with Gasteiger partial charge >= 0.3 is 0 Å². The monoisotopic (exact) mass is 350 g/mol. The highest BCUT2D eigenvalue weighted by Gasteiger charge is 2.09. The zero-order valence-electron chi connectivity index (χ0n) is 14.9.